The van der Waals surface area contributed by atoms with Crippen LogP contribution in [0.25, 0.3) is 10.9 Å². The molecule has 3 aromatic rings. The monoisotopic (exact) mass is 385 g/mol. The molecule has 0 aliphatic carbocycles. The Bertz CT molecular complexity index is 1040. The molecule has 5 nitrogen and oxygen atoms in total. The molecule has 4 rings (SSSR count). The van der Waals surface area contributed by atoms with E-state index in [1.54, 1.807) is 18.2 Å². The summed E-state index contributed by atoms with van der Waals surface area (Å²) in [6.07, 6.45) is 1.47. The molecule has 1 aliphatic rings. The van der Waals surface area contributed by atoms with E-state index in [9.17, 15) is 13.9 Å². The molecule has 1 aliphatic heterocycles. The Morgan fingerprint density at radius 1 is 1.14 bits per heavy atom. The molecule has 0 amide bonds. The Morgan fingerprint density at radius 2 is 1.89 bits per heavy atom. The predicted molar refractivity (Wildman–Crippen MR) is 106 cm³/mol. The van der Waals surface area contributed by atoms with Gasteiger partial charge in [0.2, 0.25) is 0 Å². The lowest BCUT2D eigenvalue weighted by molar-refractivity contribution is -0.00539. The van der Waals surface area contributed by atoms with Gasteiger partial charge in [-0.05, 0) is 44.2 Å². The fourth-order valence-electron chi connectivity index (χ4n) is 3.65. The number of aromatic hydroxyl groups is 1. The number of aliphatic imine (C=N–C) groups is 1. The Balaban J connectivity index is 1.60. The average molecular weight is 385 g/mol. The number of nitrogens with one attached hydrogen (secondary N) is 1. The Morgan fingerprint density at radius 3 is 2.61 bits per heavy atom. The van der Waals surface area contributed by atoms with Gasteiger partial charge in [-0.25, -0.2) is 8.78 Å². The fourth-order valence-corrected chi connectivity index (χ4v) is 3.65. The molecular weight excluding hydrogens is 364 g/mol. The van der Waals surface area contributed by atoms with Gasteiger partial charge in [0, 0.05) is 36.3 Å². The Hall–Kier alpha value is -2.93. The van der Waals surface area contributed by atoms with Crippen LogP contribution in [0.5, 0.6) is 5.88 Å². The summed E-state index contributed by atoms with van der Waals surface area (Å²) < 4.78 is 33.9. The molecule has 7 heteroatoms. The molecular formula is C21H21F2N3O2. The van der Waals surface area contributed by atoms with E-state index in [-0.39, 0.29) is 23.9 Å². The highest BCUT2D eigenvalue weighted by molar-refractivity contribution is 6.02. The number of morpholine rings is 1. The van der Waals surface area contributed by atoms with Gasteiger partial charge in [-0.2, -0.15) is 0 Å². The van der Waals surface area contributed by atoms with Gasteiger partial charge >= 0.3 is 0 Å². The van der Waals surface area contributed by atoms with Gasteiger partial charge in [0.25, 0.3) is 0 Å². The molecule has 0 bridgehead atoms. The summed E-state index contributed by atoms with van der Waals surface area (Å²) in [6.45, 7) is 5.18. The minimum absolute atomic E-state index is 0.0334. The number of aromatic amines is 1. The molecule has 2 N–H and O–H groups in total. The van der Waals surface area contributed by atoms with Crippen LogP contribution >= 0.6 is 0 Å². The number of nitrogens with zero attached hydrogens (tertiary/aromatic N) is 2. The summed E-state index contributed by atoms with van der Waals surface area (Å²) in [5.74, 6) is -0.895. The minimum atomic E-state index is -0.412. The molecule has 1 aromatic heterocycles. The predicted octanol–water partition coefficient (Wildman–Crippen LogP) is 4.52. The zero-order valence-corrected chi connectivity index (χ0v) is 15.6. The number of rotatable bonds is 3. The highest BCUT2D eigenvalue weighted by Gasteiger charge is 2.24. The topological polar surface area (TPSA) is 60.8 Å². The smallest absolute Gasteiger partial charge is 0.198 e. The number of H-pyrrole nitrogens is 1. The zero-order chi connectivity index (χ0) is 19.8. The first-order valence-electron chi connectivity index (χ1n) is 9.15. The van der Waals surface area contributed by atoms with E-state index in [0.717, 1.165) is 0 Å². The maximum atomic E-state index is 14.7. The van der Waals surface area contributed by atoms with Crippen molar-refractivity contribution in [3.8, 4) is 5.88 Å². The lowest BCUT2D eigenvalue weighted by atomic mass is 10.1. The number of ether oxygens (including phenoxy) is 1. The summed E-state index contributed by atoms with van der Waals surface area (Å²) in [5, 5.41) is 10.6. The van der Waals surface area contributed by atoms with Crippen molar-refractivity contribution in [2.45, 2.75) is 26.1 Å². The van der Waals surface area contributed by atoms with Crippen molar-refractivity contribution < 1.29 is 18.6 Å². The molecule has 2 atom stereocenters. The van der Waals surface area contributed by atoms with Crippen LogP contribution in [0.2, 0.25) is 0 Å². The van der Waals surface area contributed by atoms with Crippen molar-refractivity contribution in [1.82, 2.24) is 4.98 Å². The number of benzene rings is 2. The van der Waals surface area contributed by atoms with Crippen LogP contribution in [-0.2, 0) is 4.74 Å². The number of hydrogen-bond donors (Lipinski definition) is 2. The normalized spacial score (nSPS) is 20.4. The SMILES string of the molecule is CC1CN(c2ccc(N=Cc3c(O)[nH]c4ccc(F)cc34)cc2F)CC(C)O1. The summed E-state index contributed by atoms with van der Waals surface area (Å²) >= 11 is 0. The van der Waals surface area contributed by atoms with Crippen LogP contribution in [-0.4, -0.2) is 41.6 Å². The van der Waals surface area contributed by atoms with Crippen molar-refractivity contribution in [2.24, 2.45) is 4.99 Å². The second-order valence-corrected chi connectivity index (χ2v) is 7.13. The first kappa shape index (κ1) is 18.4. The zero-order valence-electron chi connectivity index (χ0n) is 15.6. The fraction of sp³-hybridized carbons (Fsp3) is 0.286. The summed E-state index contributed by atoms with van der Waals surface area (Å²) in [5.41, 5.74) is 1.87. The maximum absolute atomic E-state index is 14.7. The standard InChI is InChI=1S/C21H21F2N3O2/c1-12-10-26(11-13(2)28-12)20-6-4-15(8-18(20)23)24-9-17-16-7-14(22)3-5-19(16)25-21(17)27/h3-9,12-13,25,27H,10-11H2,1-2H3. The molecule has 0 radical (unpaired) electrons. The largest absolute Gasteiger partial charge is 0.494 e. The molecule has 2 unspecified atom stereocenters. The average Bonchev–Trinajstić information content (AvgIpc) is 2.93. The van der Waals surface area contributed by atoms with E-state index >= 15 is 0 Å². The Kier molecular flexibility index (Phi) is 4.77. The Labute approximate surface area is 161 Å². The van der Waals surface area contributed by atoms with E-state index < -0.39 is 5.82 Å². The van der Waals surface area contributed by atoms with E-state index in [2.05, 4.69) is 9.98 Å². The highest BCUT2D eigenvalue weighted by atomic mass is 19.1. The second kappa shape index (κ2) is 7.24. The number of anilines is 1. The third kappa shape index (κ3) is 3.57. The second-order valence-electron chi connectivity index (χ2n) is 7.13. The van der Waals surface area contributed by atoms with Crippen molar-refractivity contribution >= 4 is 28.5 Å². The third-order valence-corrected chi connectivity index (χ3v) is 4.81. The number of hydrogen-bond acceptors (Lipinski definition) is 4. The van der Waals surface area contributed by atoms with Crippen molar-refractivity contribution in [3.63, 3.8) is 0 Å². The van der Waals surface area contributed by atoms with Gasteiger partial charge in [-0.1, -0.05) is 0 Å². The molecule has 1 fully saturated rings. The van der Waals surface area contributed by atoms with Crippen LogP contribution in [0.1, 0.15) is 19.4 Å². The highest BCUT2D eigenvalue weighted by Crippen LogP contribution is 2.29. The van der Waals surface area contributed by atoms with Gasteiger partial charge in [0.15, 0.2) is 5.88 Å². The summed E-state index contributed by atoms with van der Waals surface area (Å²) in [7, 11) is 0. The third-order valence-electron chi connectivity index (χ3n) is 4.81. The first-order chi connectivity index (χ1) is 13.4. The van der Waals surface area contributed by atoms with Crippen LogP contribution in [0.3, 0.4) is 0 Å². The van der Waals surface area contributed by atoms with Gasteiger partial charge < -0.3 is 19.7 Å². The van der Waals surface area contributed by atoms with Gasteiger partial charge in [0.05, 0.1) is 29.1 Å². The first-order valence-corrected chi connectivity index (χ1v) is 9.15. The number of halogens is 2. The van der Waals surface area contributed by atoms with Crippen LogP contribution < -0.4 is 4.90 Å². The van der Waals surface area contributed by atoms with E-state index in [0.29, 0.717) is 40.9 Å². The molecule has 2 heterocycles. The molecule has 28 heavy (non-hydrogen) atoms. The van der Waals surface area contributed by atoms with E-state index in [4.69, 9.17) is 4.74 Å². The molecule has 2 aromatic carbocycles. The van der Waals surface area contributed by atoms with Crippen molar-refractivity contribution in [2.75, 3.05) is 18.0 Å². The summed E-state index contributed by atoms with van der Waals surface area (Å²) in [6, 6.07) is 8.93. The summed E-state index contributed by atoms with van der Waals surface area (Å²) in [4.78, 5) is 8.99. The molecule has 0 spiro atoms. The van der Waals surface area contributed by atoms with E-state index in [1.807, 2.05) is 18.7 Å². The van der Waals surface area contributed by atoms with Crippen molar-refractivity contribution in [1.29, 1.82) is 0 Å². The van der Waals surface area contributed by atoms with Gasteiger partial charge in [-0.15, -0.1) is 0 Å². The van der Waals surface area contributed by atoms with E-state index in [1.165, 1.54) is 24.4 Å². The van der Waals surface area contributed by atoms with Crippen LogP contribution in [0.15, 0.2) is 41.4 Å². The van der Waals surface area contributed by atoms with Crippen molar-refractivity contribution in [3.05, 3.63) is 53.6 Å². The number of fused-ring (bicyclic) bond motifs is 1. The quantitative estimate of drug-likeness (QED) is 0.652. The molecule has 146 valence electrons. The number of aromatic nitrogens is 1. The minimum Gasteiger partial charge on any atom is -0.494 e. The van der Waals surface area contributed by atoms with Gasteiger partial charge in [0.1, 0.15) is 11.6 Å². The van der Waals surface area contributed by atoms with Gasteiger partial charge in [-0.3, -0.25) is 4.99 Å². The maximum Gasteiger partial charge on any atom is 0.198 e. The molecule has 1 saturated heterocycles. The lowest BCUT2D eigenvalue weighted by Crippen LogP contribution is -2.45. The molecule has 0 saturated carbocycles. The van der Waals surface area contributed by atoms with Crippen LogP contribution in [0.4, 0.5) is 20.2 Å². The van der Waals surface area contributed by atoms with Crippen LogP contribution in [0, 0.1) is 11.6 Å². The lowest BCUT2D eigenvalue weighted by Gasteiger charge is -2.37.